The lowest BCUT2D eigenvalue weighted by atomic mass is 10.2. The van der Waals surface area contributed by atoms with E-state index >= 15 is 0 Å². The van der Waals surface area contributed by atoms with Gasteiger partial charge in [-0.25, -0.2) is 4.79 Å². The molecule has 0 aromatic heterocycles. The molecule has 74 valence electrons. The van der Waals surface area contributed by atoms with E-state index in [0.29, 0.717) is 0 Å². The van der Waals surface area contributed by atoms with E-state index in [1.54, 1.807) is 0 Å². The van der Waals surface area contributed by atoms with Gasteiger partial charge in [-0.15, -0.1) is 0 Å². The molecule has 1 unspecified atom stereocenters. The molecule has 0 aliphatic carbocycles. The minimum Gasteiger partial charge on any atom is -0.479 e. The van der Waals surface area contributed by atoms with Crippen LogP contribution in [0.15, 0.2) is 12.7 Å². The molecule has 0 bridgehead atoms. The van der Waals surface area contributed by atoms with E-state index in [1.807, 2.05) is 0 Å². The lowest BCUT2D eigenvalue weighted by molar-refractivity contribution is -0.148. The topological polar surface area (TPSA) is 83.8 Å². The fourth-order valence-corrected chi connectivity index (χ4v) is 0.602. The Bertz CT molecular complexity index is 199. The first-order chi connectivity index (χ1) is 6.07. The van der Waals surface area contributed by atoms with Crippen molar-refractivity contribution in [1.29, 1.82) is 0 Å². The molecule has 5 heteroatoms. The highest BCUT2D eigenvalue weighted by Crippen LogP contribution is 1.99. The van der Waals surface area contributed by atoms with Crippen LogP contribution in [0, 0.1) is 0 Å². The third-order valence-electron chi connectivity index (χ3n) is 1.27. The number of aliphatic hydroxyl groups excluding tert-OH is 1. The van der Waals surface area contributed by atoms with Crippen LogP contribution in [-0.4, -0.2) is 34.9 Å². The van der Waals surface area contributed by atoms with Crippen LogP contribution in [0.2, 0.25) is 0 Å². The number of hydrogen-bond donors (Lipinski definition) is 2. The summed E-state index contributed by atoms with van der Waals surface area (Å²) >= 11 is 0. The Kier molecular flexibility index (Phi) is 5.54. The zero-order valence-electron chi connectivity index (χ0n) is 7.10. The molecule has 5 nitrogen and oxygen atoms in total. The number of esters is 1. The fraction of sp³-hybridized carbons (Fsp3) is 0.500. The zero-order valence-corrected chi connectivity index (χ0v) is 7.10. The molecule has 0 fully saturated rings. The van der Waals surface area contributed by atoms with E-state index in [1.165, 1.54) is 6.08 Å². The highest BCUT2D eigenvalue weighted by molar-refractivity contribution is 5.74. The number of hydrogen-bond acceptors (Lipinski definition) is 4. The van der Waals surface area contributed by atoms with Gasteiger partial charge in [-0.05, 0) is 6.42 Å². The molecule has 1 atom stereocenters. The molecule has 0 aliphatic rings. The van der Waals surface area contributed by atoms with E-state index in [0.717, 1.165) is 0 Å². The Hall–Kier alpha value is -1.36. The Morgan fingerprint density at radius 1 is 1.54 bits per heavy atom. The molecule has 0 spiro atoms. The normalized spacial score (nSPS) is 11.8. The Morgan fingerprint density at radius 3 is 2.62 bits per heavy atom. The summed E-state index contributed by atoms with van der Waals surface area (Å²) in [7, 11) is 0. The van der Waals surface area contributed by atoms with Crippen molar-refractivity contribution in [3.05, 3.63) is 12.7 Å². The maximum Gasteiger partial charge on any atom is 0.332 e. The number of ether oxygens (including phenoxy) is 1. The van der Waals surface area contributed by atoms with Crippen molar-refractivity contribution < 1.29 is 24.5 Å². The molecule has 0 heterocycles. The van der Waals surface area contributed by atoms with Crippen LogP contribution in [0.1, 0.15) is 12.8 Å². The molecule has 0 radical (unpaired) electrons. The van der Waals surface area contributed by atoms with E-state index in [9.17, 15) is 9.59 Å². The number of carbonyl (C=O) groups is 2. The summed E-state index contributed by atoms with van der Waals surface area (Å²) in [5.74, 6) is -1.88. The van der Waals surface area contributed by atoms with Gasteiger partial charge in [0.25, 0.3) is 0 Å². The van der Waals surface area contributed by atoms with E-state index in [-0.39, 0.29) is 19.4 Å². The first kappa shape index (κ1) is 11.6. The van der Waals surface area contributed by atoms with Crippen LogP contribution in [0.25, 0.3) is 0 Å². The molecule has 0 aliphatic heterocycles. The average molecular weight is 188 g/mol. The summed E-state index contributed by atoms with van der Waals surface area (Å²) in [5, 5.41) is 17.0. The summed E-state index contributed by atoms with van der Waals surface area (Å²) in [6.07, 6.45) is -0.339. The third kappa shape index (κ3) is 5.86. The molecule has 2 N–H and O–H groups in total. The van der Waals surface area contributed by atoms with Crippen molar-refractivity contribution in [2.24, 2.45) is 0 Å². The molecule has 0 saturated carbocycles. The van der Waals surface area contributed by atoms with Crippen LogP contribution >= 0.6 is 0 Å². The van der Waals surface area contributed by atoms with Crippen LogP contribution in [0.5, 0.6) is 0 Å². The second-order valence-corrected chi connectivity index (χ2v) is 2.36. The lowest BCUT2D eigenvalue weighted by Crippen LogP contribution is -2.20. The monoisotopic (exact) mass is 188 g/mol. The van der Waals surface area contributed by atoms with E-state index in [4.69, 9.17) is 10.2 Å². The smallest absolute Gasteiger partial charge is 0.332 e. The van der Waals surface area contributed by atoms with Crippen LogP contribution < -0.4 is 0 Å². The lowest BCUT2D eigenvalue weighted by Gasteiger charge is -2.04. The van der Waals surface area contributed by atoms with E-state index in [2.05, 4.69) is 11.3 Å². The number of aliphatic carboxylic acids is 1. The van der Waals surface area contributed by atoms with Gasteiger partial charge in [0.2, 0.25) is 0 Å². The molecule has 0 aromatic carbocycles. The Labute approximate surface area is 75.6 Å². The largest absolute Gasteiger partial charge is 0.479 e. The van der Waals surface area contributed by atoms with Crippen molar-refractivity contribution in [2.75, 3.05) is 6.61 Å². The number of aliphatic hydroxyl groups is 1. The third-order valence-corrected chi connectivity index (χ3v) is 1.27. The SMILES string of the molecule is C=CCOC(=O)CCC(O)C(=O)O. The Morgan fingerprint density at radius 2 is 2.15 bits per heavy atom. The van der Waals surface area contributed by atoms with E-state index < -0.39 is 18.0 Å². The van der Waals surface area contributed by atoms with Gasteiger partial charge in [-0.3, -0.25) is 4.79 Å². The average Bonchev–Trinajstić information content (AvgIpc) is 2.10. The maximum atomic E-state index is 10.8. The van der Waals surface area contributed by atoms with Gasteiger partial charge in [0.15, 0.2) is 6.10 Å². The van der Waals surface area contributed by atoms with Gasteiger partial charge in [-0.2, -0.15) is 0 Å². The number of carbonyl (C=O) groups excluding carboxylic acids is 1. The van der Waals surface area contributed by atoms with Crippen molar-refractivity contribution in [1.82, 2.24) is 0 Å². The Balaban J connectivity index is 3.57. The van der Waals surface area contributed by atoms with Gasteiger partial charge in [0, 0.05) is 6.42 Å². The number of carboxylic acids is 1. The summed E-state index contributed by atoms with van der Waals surface area (Å²) in [4.78, 5) is 20.9. The minimum atomic E-state index is -1.50. The number of rotatable bonds is 6. The maximum absolute atomic E-state index is 10.8. The highest BCUT2D eigenvalue weighted by Gasteiger charge is 2.14. The van der Waals surface area contributed by atoms with Crippen LogP contribution in [-0.2, 0) is 14.3 Å². The van der Waals surface area contributed by atoms with Crippen molar-refractivity contribution in [2.45, 2.75) is 18.9 Å². The predicted molar refractivity (Wildman–Crippen MR) is 44.0 cm³/mol. The molecule has 0 aromatic rings. The molecule has 13 heavy (non-hydrogen) atoms. The van der Waals surface area contributed by atoms with Crippen LogP contribution in [0.3, 0.4) is 0 Å². The summed E-state index contributed by atoms with van der Waals surface area (Å²) in [5.41, 5.74) is 0. The molecule has 0 saturated heterocycles. The minimum absolute atomic E-state index is 0.0992. The molecular formula is C8H12O5. The molecular weight excluding hydrogens is 176 g/mol. The molecule has 0 rings (SSSR count). The zero-order chi connectivity index (χ0) is 10.3. The van der Waals surface area contributed by atoms with Gasteiger partial charge in [-0.1, -0.05) is 12.7 Å². The van der Waals surface area contributed by atoms with Gasteiger partial charge < -0.3 is 14.9 Å². The quantitative estimate of drug-likeness (QED) is 0.450. The second-order valence-electron chi connectivity index (χ2n) is 2.36. The summed E-state index contributed by atoms with van der Waals surface area (Å²) in [6.45, 7) is 3.43. The van der Waals surface area contributed by atoms with Gasteiger partial charge in [0.05, 0.1) is 0 Å². The second kappa shape index (κ2) is 6.19. The highest BCUT2D eigenvalue weighted by atomic mass is 16.5. The number of carboxylic acid groups (broad SMARTS) is 1. The summed E-state index contributed by atoms with van der Waals surface area (Å²) < 4.78 is 4.56. The fourth-order valence-electron chi connectivity index (χ4n) is 0.602. The first-order valence-corrected chi connectivity index (χ1v) is 3.75. The van der Waals surface area contributed by atoms with Crippen molar-refractivity contribution in [3.8, 4) is 0 Å². The molecule has 0 amide bonds. The standard InChI is InChI=1S/C8H12O5/c1-2-5-13-7(10)4-3-6(9)8(11)12/h2,6,9H,1,3-5H2,(H,11,12). The predicted octanol–water partition coefficient (Wildman–Crippen LogP) is -0.0587. The van der Waals surface area contributed by atoms with Gasteiger partial charge >= 0.3 is 11.9 Å². The van der Waals surface area contributed by atoms with Crippen LogP contribution in [0.4, 0.5) is 0 Å². The van der Waals surface area contributed by atoms with Crippen molar-refractivity contribution in [3.63, 3.8) is 0 Å². The van der Waals surface area contributed by atoms with Gasteiger partial charge in [0.1, 0.15) is 6.61 Å². The van der Waals surface area contributed by atoms with Crippen molar-refractivity contribution >= 4 is 11.9 Å². The first-order valence-electron chi connectivity index (χ1n) is 3.75. The summed E-state index contributed by atoms with van der Waals surface area (Å²) in [6, 6.07) is 0.